The van der Waals surface area contributed by atoms with Crippen molar-refractivity contribution in [2.75, 3.05) is 19.0 Å². The third-order valence-electron chi connectivity index (χ3n) is 3.48. The van der Waals surface area contributed by atoms with Crippen LogP contribution >= 0.6 is 0 Å². The van der Waals surface area contributed by atoms with Crippen LogP contribution in [0.5, 0.6) is 11.5 Å². The van der Waals surface area contributed by atoms with E-state index in [0.717, 1.165) is 0 Å². The fourth-order valence-electron chi connectivity index (χ4n) is 2.26. The number of rotatable bonds is 7. The predicted octanol–water partition coefficient (Wildman–Crippen LogP) is 3.55. The van der Waals surface area contributed by atoms with Gasteiger partial charge in [-0.25, -0.2) is 0 Å². The molecule has 0 heterocycles. The van der Waals surface area contributed by atoms with Crippen LogP contribution in [0.4, 0.5) is 11.4 Å². The van der Waals surface area contributed by atoms with Gasteiger partial charge >= 0.3 is 0 Å². The normalized spacial score (nSPS) is 10.6. The minimum absolute atomic E-state index is 0.158. The molecule has 0 radical (unpaired) electrons. The van der Waals surface area contributed by atoms with E-state index in [-0.39, 0.29) is 16.9 Å². The average molecular weight is 367 g/mol. The molecule has 138 valence electrons. The second kappa shape index (κ2) is 9.01. The molecule has 0 spiro atoms. The Hall–Kier alpha value is -3.86. The molecule has 27 heavy (non-hydrogen) atoms. The lowest BCUT2D eigenvalue weighted by Crippen LogP contribution is -2.13. The summed E-state index contributed by atoms with van der Waals surface area (Å²) in [5.74, 6) is 0.352. The fourth-order valence-corrected chi connectivity index (χ4v) is 2.26. The summed E-state index contributed by atoms with van der Waals surface area (Å²) in [6.07, 6.45) is 1.40. The monoisotopic (exact) mass is 367 g/mol. The molecule has 0 aliphatic rings. The number of nitro groups is 1. The molecular formula is C19H17N3O5. The van der Waals surface area contributed by atoms with Crippen LogP contribution in [0.2, 0.25) is 0 Å². The smallest absolute Gasteiger partial charge is 0.271 e. The Morgan fingerprint density at radius 1 is 1.30 bits per heavy atom. The molecule has 0 unspecified atom stereocenters. The van der Waals surface area contributed by atoms with E-state index in [0.29, 0.717) is 23.7 Å². The molecule has 0 aliphatic carbocycles. The van der Waals surface area contributed by atoms with Gasteiger partial charge in [-0.1, -0.05) is 12.1 Å². The van der Waals surface area contributed by atoms with E-state index >= 15 is 0 Å². The van der Waals surface area contributed by atoms with E-state index in [2.05, 4.69) is 5.32 Å². The number of carbonyl (C=O) groups excluding carboxylic acids is 1. The number of carbonyl (C=O) groups is 1. The number of nitrogens with zero attached hydrogens (tertiary/aromatic N) is 2. The molecule has 8 nitrogen and oxygen atoms in total. The quantitative estimate of drug-likeness (QED) is 0.346. The summed E-state index contributed by atoms with van der Waals surface area (Å²) < 4.78 is 10.7. The van der Waals surface area contributed by atoms with Crippen LogP contribution in [0, 0.1) is 21.4 Å². The molecule has 2 rings (SSSR count). The SMILES string of the molecule is CCOc1cc(/C=C(/C#N)C(=O)Nc2cccc([N+](=O)[O-])c2)ccc1OC. The molecule has 0 aromatic heterocycles. The highest BCUT2D eigenvalue weighted by Crippen LogP contribution is 2.29. The van der Waals surface area contributed by atoms with Gasteiger partial charge in [-0.2, -0.15) is 5.26 Å². The second-order valence-electron chi connectivity index (χ2n) is 5.27. The Morgan fingerprint density at radius 2 is 2.07 bits per heavy atom. The highest BCUT2D eigenvalue weighted by molar-refractivity contribution is 6.09. The molecule has 8 heteroatoms. The standard InChI is InChI=1S/C19H17N3O5/c1-3-27-18-10-13(7-8-17(18)26-2)9-14(12-20)19(23)21-15-5-4-6-16(11-15)22(24)25/h4-11H,3H2,1-2H3,(H,21,23)/b14-9-. The first-order valence-electron chi connectivity index (χ1n) is 7.97. The molecule has 0 aliphatic heterocycles. The zero-order valence-electron chi connectivity index (χ0n) is 14.8. The number of benzene rings is 2. The van der Waals surface area contributed by atoms with Crippen molar-refractivity contribution in [1.29, 1.82) is 5.26 Å². The molecule has 0 saturated heterocycles. The maximum Gasteiger partial charge on any atom is 0.271 e. The van der Waals surface area contributed by atoms with E-state index in [1.165, 1.54) is 37.5 Å². The first kappa shape index (κ1) is 19.5. The number of non-ortho nitro benzene ring substituents is 1. The number of ether oxygens (including phenoxy) is 2. The van der Waals surface area contributed by atoms with Gasteiger partial charge in [0.05, 0.1) is 18.6 Å². The van der Waals surface area contributed by atoms with Crippen molar-refractivity contribution in [3.63, 3.8) is 0 Å². The highest BCUT2D eigenvalue weighted by atomic mass is 16.6. The summed E-state index contributed by atoms with van der Waals surface area (Å²) in [4.78, 5) is 22.6. The van der Waals surface area contributed by atoms with Gasteiger partial charge < -0.3 is 14.8 Å². The van der Waals surface area contributed by atoms with E-state index in [1.807, 2.05) is 13.0 Å². The zero-order chi connectivity index (χ0) is 19.8. The Labute approximate surface area is 155 Å². The minimum Gasteiger partial charge on any atom is -0.493 e. The average Bonchev–Trinajstić information content (AvgIpc) is 2.66. The van der Waals surface area contributed by atoms with Crippen LogP contribution in [-0.2, 0) is 4.79 Å². The van der Waals surface area contributed by atoms with Crippen LogP contribution < -0.4 is 14.8 Å². The lowest BCUT2D eigenvalue weighted by Gasteiger charge is -2.10. The van der Waals surface area contributed by atoms with Crippen molar-refractivity contribution in [2.24, 2.45) is 0 Å². The molecule has 2 aromatic carbocycles. The number of hydrogen-bond donors (Lipinski definition) is 1. The first-order chi connectivity index (χ1) is 13.0. The number of nitro benzene ring substituents is 1. The van der Waals surface area contributed by atoms with Crippen molar-refractivity contribution in [3.05, 3.63) is 63.7 Å². The van der Waals surface area contributed by atoms with Gasteiger partial charge in [0.15, 0.2) is 11.5 Å². The number of nitrogens with one attached hydrogen (secondary N) is 1. The molecule has 1 N–H and O–H groups in total. The van der Waals surface area contributed by atoms with Gasteiger partial charge in [0.25, 0.3) is 11.6 Å². The van der Waals surface area contributed by atoms with Crippen molar-refractivity contribution < 1.29 is 19.2 Å². The lowest BCUT2D eigenvalue weighted by molar-refractivity contribution is -0.384. The van der Waals surface area contributed by atoms with Crippen molar-refractivity contribution in [3.8, 4) is 17.6 Å². The van der Waals surface area contributed by atoms with E-state index < -0.39 is 10.8 Å². The number of amides is 1. The van der Waals surface area contributed by atoms with Crippen LogP contribution in [0.15, 0.2) is 48.0 Å². The largest absolute Gasteiger partial charge is 0.493 e. The summed E-state index contributed by atoms with van der Waals surface area (Å²) in [6.45, 7) is 2.26. The highest BCUT2D eigenvalue weighted by Gasteiger charge is 2.13. The van der Waals surface area contributed by atoms with Crippen molar-refractivity contribution in [2.45, 2.75) is 6.92 Å². The molecular weight excluding hydrogens is 350 g/mol. The van der Waals surface area contributed by atoms with Crippen LogP contribution in [0.1, 0.15) is 12.5 Å². The van der Waals surface area contributed by atoms with Crippen LogP contribution in [-0.4, -0.2) is 24.5 Å². The summed E-state index contributed by atoms with van der Waals surface area (Å²) >= 11 is 0. The van der Waals surface area contributed by atoms with E-state index in [1.54, 1.807) is 18.2 Å². The van der Waals surface area contributed by atoms with Gasteiger partial charge in [0.2, 0.25) is 0 Å². The van der Waals surface area contributed by atoms with E-state index in [9.17, 15) is 20.2 Å². The Bertz CT molecular complexity index is 931. The summed E-state index contributed by atoms with van der Waals surface area (Å²) in [7, 11) is 1.51. The molecule has 0 atom stereocenters. The minimum atomic E-state index is -0.674. The molecule has 0 fully saturated rings. The predicted molar refractivity (Wildman–Crippen MR) is 99.5 cm³/mol. The summed E-state index contributed by atoms with van der Waals surface area (Å²) in [5.41, 5.74) is 0.478. The second-order valence-corrected chi connectivity index (χ2v) is 5.27. The Balaban J connectivity index is 2.26. The topological polar surface area (TPSA) is 114 Å². The van der Waals surface area contributed by atoms with E-state index in [4.69, 9.17) is 9.47 Å². The van der Waals surface area contributed by atoms with Gasteiger partial charge in [0, 0.05) is 17.8 Å². The maximum absolute atomic E-state index is 12.3. The Kier molecular flexibility index (Phi) is 6.49. The summed E-state index contributed by atoms with van der Waals surface area (Å²) in [5, 5.41) is 22.6. The van der Waals surface area contributed by atoms with Crippen molar-refractivity contribution in [1.82, 2.24) is 0 Å². The molecule has 0 bridgehead atoms. The Morgan fingerprint density at radius 3 is 2.70 bits per heavy atom. The summed E-state index contributed by atoms with van der Waals surface area (Å²) in [6, 6.07) is 12.3. The maximum atomic E-state index is 12.3. The van der Waals surface area contributed by atoms with Gasteiger partial charge in [-0.3, -0.25) is 14.9 Å². The van der Waals surface area contributed by atoms with Crippen molar-refractivity contribution >= 4 is 23.4 Å². The first-order valence-corrected chi connectivity index (χ1v) is 7.97. The third-order valence-corrected chi connectivity index (χ3v) is 3.48. The van der Waals surface area contributed by atoms with Gasteiger partial charge in [-0.05, 0) is 36.8 Å². The van der Waals surface area contributed by atoms with Crippen LogP contribution in [0.3, 0.4) is 0 Å². The zero-order valence-corrected chi connectivity index (χ0v) is 14.8. The molecule has 2 aromatic rings. The fraction of sp³-hybridized carbons (Fsp3) is 0.158. The van der Waals surface area contributed by atoms with Gasteiger partial charge in [0.1, 0.15) is 11.6 Å². The molecule has 0 saturated carbocycles. The lowest BCUT2D eigenvalue weighted by atomic mass is 10.1. The van der Waals surface area contributed by atoms with Gasteiger partial charge in [-0.15, -0.1) is 0 Å². The number of anilines is 1. The number of nitriles is 1. The number of hydrogen-bond acceptors (Lipinski definition) is 6. The molecule has 1 amide bonds. The van der Waals surface area contributed by atoms with Crippen LogP contribution in [0.25, 0.3) is 6.08 Å². The third kappa shape index (κ3) is 5.06. The number of methoxy groups -OCH3 is 1.